The summed E-state index contributed by atoms with van der Waals surface area (Å²) in [6.45, 7) is 12.7. The lowest BCUT2D eigenvalue weighted by molar-refractivity contribution is -0.0160. The van der Waals surface area contributed by atoms with Gasteiger partial charge in [0.05, 0.1) is 0 Å². The minimum Gasteiger partial charge on any atom is -0.432 e. The number of rotatable bonds is 5. The molecule has 0 aliphatic heterocycles. The maximum Gasteiger partial charge on any atom is 0.508 e. The molecule has 0 aliphatic rings. The molecule has 0 spiro atoms. The first kappa shape index (κ1) is 15.2. The highest BCUT2D eigenvalue weighted by Gasteiger charge is 2.22. The summed E-state index contributed by atoms with van der Waals surface area (Å²) in [5.74, 6) is 0. The van der Waals surface area contributed by atoms with Crippen LogP contribution in [-0.2, 0) is 9.47 Å². The van der Waals surface area contributed by atoms with Gasteiger partial charge in [-0.3, -0.25) is 0 Å². The SMILES string of the molecule is CCCNC(C)(C)COC(=O)OC(C)(C)C. The highest BCUT2D eigenvalue weighted by Crippen LogP contribution is 2.10. The van der Waals surface area contributed by atoms with E-state index in [-0.39, 0.29) is 5.54 Å². The Hall–Kier alpha value is -0.770. The van der Waals surface area contributed by atoms with Crippen LogP contribution >= 0.6 is 0 Å². The van der Waals surface area contributed by atoms with Gasteiger partial charge in [-0.25, -0.2) is 4.79 Å². The van der Waals surface area contributed by atoms with Gasteiger partial charge in [0.25, 0.3) is 0 Å². The third kappa shape index (κ3) is 8.53. The summed E-state index contributed by atoms with van der Waals surface area (Å²) in [4.78, 5) is 11.3. The molecule has 0 fully saturated rings. The fourth-order valence-electron chi connectivity index (χ4n) is 1.03. The van der Waals surface area contributed by atoms with E-state index in [9.17, 15) is 4.79 Å². The van der Waals surface area contributed by atoms with E-state index < -0.39 is 11.8 Å². The van der Waals surface area contributed by atoms with Crippen molar-refractivity contribution in [2.45, 2.75) is 59.1 Å². The predicted molar refractivity (Wildman–Crippen MR) is 64.6 cm³/mol. The van der Waals surface area contributed by atoms with E-state index in [1.165, 1.54) is 0 Å². The largest absolute Gasteiger partial charge is 0.508 e. The monoisotopic (exact) mass is 231 g/mol. The molecule has 0 rings (SSSR count). The van der Waals surface area contributed by atoms with Crippen LogP contribution in [0.3, 0.4) is 0 Å². The fourth-order valence-corrected chi connectivity index (χ4v) is 1.03. The average Bonchev–Trinajstić information content (AvgIpc) is 2.09. The Bertz CT molecular complexity index is 219. The lowest BCUT2D eigenvalue weighted by atomic mass is 10.1. The molecular weight excluding hydrogens is 206 g/mol. The summed E-state index contributed by atoms with van der Waals surface area (Å²) in [5, 5.41) is 3.29. The first-order valence-electron chi connectivity index (χ1n) is 5.77. The maximum absolute atomic E-state index is 11.3. The molecule has 0 bridgehead atoms. The third-order valence-electron chi connectivity index (χ3n) is 1.79. The normalized spacial score (nSPS) is 12.4. The molecule has 0 atom stereocenters. The molecule has 4 heteroatoms. The smallest absolute Gasteiger partial charge is 0.432 e. The summed E-state index contributed by atoms with van der Waals surface area (Å²) in [6, 6.07) is 0. The van der Waals surface area contributed by atoms with Crippen molar-refractivity contribution >= 4 is 6.16 Å². The van der Waals surface area contributed by atoms with Gasteiger partial charge in [0.2, 0.25) is 0 Å². The van der Waals surface area contributed by atoms with E-state index in [0.717, 1.165) is 13.0 Å². The van der Waals surface area contributed by atoms with Crippen molar-refractivity contribution in [3.05, 3.63) is 0 Å². The Morgan fingerprint density at radius 1 is 1.19 bits per heavy atom. The van der Waals surface area contributed by atoms with Crippen molar-refractivity contribution in [2.75, 3.05) is 13.2 Å². The molecule has 96 valence electrons. The van der Waals surface area contributed by atoms with Crippen LogP contribution in [0.2, 0.25) is 0 Å². The van der Waals surface area contributed by atoms with Crippen LogP contribution in [-0.4, -0.2) is 30.4 Å². The van der Waals surface area contributed by atoms with E-state index in [0.29, 0.717) is 6.61 Å². The number of nitrogens with one attached hydrogen (secondary N) is 1. The summed E-state index contributed by atoms with van der Waals surface area (Å²) in [7, 11) is 0. The number of carbonyl (C=O) groups is 1. The lowest BCUT2D eigenvalue weighted by Crippen LogP contribution is -2.44. The Labute approximate surface area is 98.7 Å². The molecule has 16 heavy (non-hydrogen) atoms. The van der Waals surface area contributed by atoms with Crippen molar-refractivity contribution in [1.29, 1.82) is 0 Å². The number of hydrogen-bond acceptors (Lipinski definition) is 4. The van der Waals surface area contributed by atoms with E-state index >= 15 is 0 Å². The number of hydrogen-bond donors (Lipinski definition) is 1. The van der Waals surface area contributed by atoms with Gasteiger partial charge in [-0.2, -0.15) is 0 Å². The number of carbonyl (C=O) groups excluding carboxylic acids is 1. The van der Waals surface area contributed by atoms with Gasteiger partial charge < -0.3 is 14.8 Å². The summed E-state index contributed by atoms with van der Waals surface area (Å²) >= 11 is 0. The molecule has 0 aromatic rings. The van der Waals surface area contributed by atoms with E-state index in [1.807, 2.05) is 34.6 Å². The zero-order valence-corrected chi connectivity index (χ0v) is 11.3. The predicted octanol–water partition coefficient (Wildman–Crippen LogP) is 2.72. The fraction of sp³-hybridized carbons (Fsp3) is 0.917. The zero-order valence-electron chi connectivity index (χ0n) is 11.3. The van der Waals surface area contributed by atoms with Crippen LogP contribution < -0.4 is 5.32 Å². The highest BCUT2D eigenvalue weighted by molar-refractivity contribution is 5.60. The van der Waals surface area contributed by atoms with Crippen molar-refractivity contribution < 1.29 is 14.3 Å². The van der Waals surface area contributed by atoms with Gasteiger partial charge in [-0.15, -0.1) is 0 Å². The van der Waals surface area contributed by atoms with E-state index in [1.54, 1.807) is 0 Å². The van der Waals surface area contributed by atoms with Crippen LogP contribution in [0, 0.1) is 0 Å². The Kier molecular flexibility index (Phi) is 5.79. The van der Waals surface area contributed by atoms with Crippen LogP contribution in [0.4, 0.5) is 4.79 Å². The molecule has 0 radical (unpaired) electrons. The van der Waals surface area contributed by atoms with Crippen molar-refractivity contribution in [1.82, 2.24) is 5.32 Å². The van der Waals surface area contributed by atoms with Gasteiger partial charge in [-0.05, 0) is 47.6 Å². The minimum absolute atomic E-state index is 0.215. The van der Waals surface area contributed by atoms with E-state index in [4.69, 9.17) is 9.47 Å². The first-order chi connectivity index (χ1) is 7.16. The second kappa shape index (κ2) is 6.09. The minimum atomic E-state index is -0.612. The van der Waals surface area contributed by atoms with Gasteiger partial charge in [0.1, 0.15) is 12.2 Å². The second-order valence-corrected chi connectivity index (χ2v) is 5.56. The van der Waals surface area contributed by atoms with Gasteiger partial charge in [-0.1, -0.05) is 6.92 Å². The Morgan fingerprint density at radius 2 is 1.75 bits per heavy atom. The molecular formula is C12H25NO3. The maximum atomic E-state index is 11.3. The van der Waals surface area contributed by atoms with Gasteiger partial charge in [0, 0.05) is 5.54 Å². The molecule has 0 aromatic heterocycles. The van der Waals surface area contributed by atoms with Gasteiger partial charge >= 0.3 is 6.16 Å². The van der Waals surface area contributed by atoms with Crippen LogP contribution in [0.5, 0.6) is 0 Å². The molecule has 0 unspecified atom stereocenters. The topological polar surface area (TPSA) is 47.6 Å². The van der Waals surface area contributed by atoms with Gasteiger partial charge in [0.15, 0.2) is 0 Å². The van der Waals surface area contributed by atoms with Crippen molar-refractivity contribution in [3.8, 4) is 0 Å². The molecule has 0 aliphatic carbocycles. The molecule has 0 saturated carbocycles. The highest BCUT2D eigenvalue weighted by atomic mass is 16.7. The summed E-state index contributed by atoms with van der Waals surface area (Å²) in [5.41, 5.74) is -0.717. The molecule has 0 heterocycles. The van der Waals surface area contributed by atoms with Crippen LogP contribution in [0.25, 0.3) is 0 Å². The summed E-state index contributed by atoms with van der Waals surface area (Å²) in [6.07, 6.45) is 0.439. The summed E-state index contributed by atoms with van der Waals surface area (Å²) < 4.78 is 10.1. The lowest BCUT2D eigenvalue weighted by Gasteiger charge is -2.26. The molecule has 0 amide bonds. The van der Waals surface area contributed by atoms with Crippen molar-refractivity contribution in [3.63, 3.8) is 0 Å². The quantitative estimate of drug-likeness (QED) is 0.739. The number of ether oxygens (including phenoxy) is 2. The Balaban J connectivity index is 3.90. The molecule has 0 saturated heterocycles. The molecule has 4 nitrogen and oxygen atoms in total. The molecule has 0 aromatic carbocycles. The first-order valence-corrected chi connectivity index (χ1v) is 5.77. The van der Waals surface area contributed by atoms with E-state index in [2.05, 4.69) is 12.2 Å². The Morgan fingerprint density at radius 3 is 2.19 bits per heavy atom. The second-order valence-electron chi connectivity index (χ2n) is 5.56. The average molecular weight is 231 g/mol. The van der Waals surface area contributed by atoms with Crippen molar-refractivity contribution in [2.24, 2.45) is 0 Å². The standard InChI is InChI=1S/C12H25NO3/c1-7-8-13-12(5,6)9-15-10(14)16-11(2,3)4/h13H,7-9H2,1-6H3. The third-order valence-corrected chi connectivity index (χ3v) is 1.79. The zero-order chi connectivity index (χ0) is 12.8. The molecule has 1 N–H and O–H groups in total. The van der Waals surface area contributed by atoms with Crippen LogP contribution in [0.1, 0.15) is 48.0 Å². The van der Waals surface area contributed by atoms with Crippen LogP contribution in [0.15, 0.2) is 0 Å².